The van der Waals surface area contributed by atoms with E-state index >= 15 is 0 Å². The average molecular weight is 617 g/mol. The average Bonchev–Trinajstić information content (AvgIpc) is 2.99. The van der Waals surface area contributed by atoms with Gasteiger partial charge in [-0.15, -0.1) is 0 Å². The molecule has 0 spiro atoms. The van der Waals surface area contributed by atoms with E-state index in [1.165, 1.54) is 32.6 Å². The van der Waals surface area contributed by atoms with E-state index < -0.39 is 0 Å². The highest BCUT2D eigenvalue weighted by atomic mass is 16.5. The molecule has 0 aromatic heterocycles. The maximum Gasteiger partial charge on any atom is 0.338 e. The molecule has 3 fully saturated rings. The normalized spacial score (nSPS) is 41.6. The van der Waals surface area contributed by atoms with Crippen LogP contribution in [0.4, 0.5) is 0 Å². The summed E-state index contributed by atoms with van der Waals surface area (Å²) in [5.74, 6) is 1.21. The van der Waals surface area contributed by atoms with E-state index in [1.807, 2.05) is 12.1 Å². The van der Waals surface area contributed by atoms with Crippen LogP contribution >= 0.6 is 0 Å². The molecule has 3 saturated carbocycles. The SMILES string of the molecule is COc1ccc(C(=O)OC2CCC3(C)C4=C(C=CC3C2(C)C)C2(C)CCC3(C)CCC(C)(COC(C)=O)CC3C2(C)CC4)cc1. The second kappa shape index (κ2) is 10.7. The van der Waals surface area contributed by atoms with Gasteiger partial charge in [0.15, 0.2) is 0 Å². The Bertz CT molecular complexity index is 1420. The Morgan fingerprint density at radius 2 is 1.58 bits per heavy atom. The van der Waals surface area contributed by atoms with Crippen LogP contribution in [0.3, 0.4) is 0 Å². The Kier molecular flexibility index (Phi) is 7.73. The van der Waals surface area contributed by atoms with Gasteiger partial charge in [-0.2, -0.15) is 0 Å². The van der Waals surface area contributed by atoms with Gasteiger partial charge in [-0.1, -0.05) is 66.2 Å². The van der Waals surface area contributed by atoms with Crippen LogP contribution in [0.15, 0.2) is 47.6 Å². The molecule has 0 amide bonds. The van der Waals surface area contributed by atoms with Crippen LogP contribution in [0.2, 0.25) is 0 Å². The van der Waals surface area contributed by atoms with Crippen molar-refractivity contribution < 1.29 is 23.8 Å². The molecular weight excluding hydrogens is 560 g/mol. The summed E-state index contributed by atoms with van der Waals surface area (Å²) >= 11 is 0. The van der Waals surface area contributed by atoms with Crippen molar-refractivity contribution in [3.63, 3.8) is 0 Å². The molecule has 0 bridgehead atoms. The number of rotatable bonds is 5. The van der Waals surface area contributed by atoms with Gasteiger partial charge in [-0.3, -0.25) is 4.79 Å². The zero-order valence-corrected chi connectivity index (χ0v) is 29.3. The number of allylic oxidation sites excluding steroid dienone is 4. The van der Waals surface area contributed by atoms with Crippen molar-refractivity contribution >= 4 is 11.9 Å². The van der Waals surface area contributed by atoms with Gasteiger partial charge >= 0.3 is 11.9 Å². The minimum atomic E-state index is -0.251. The summed E-state index contributed by atoms with van der Waals surface area (Å²) in [6, 6.07) is 7.21. The fourth-order valence-corrected chi connectivity index (χ4v) is 11.2. The van der Waals surface area contributed by atoms with E-state index in [4.69, 9.17) is 14.2 Å². The molecule has 6 rings (SSSR count). The second-order valence-corrected chi connectivity index (χ2v) is 17.4. The van der Waals surface area contributed by atoms with E-state index in [0.717, 1.165) is 37.9 Å². The summed E-state index contributed by atoms with van der Waals surface area (Å²) in [5, 5.41) is 0. The van der Waals surface area contributed by atoms with E-state index in [0.29, 0.717) is 29.4 Å². The van der Waals surface area contributed by atoms with Crippen LogP contribution in [0.1, 0.15) is 124 Å². The summed E-state index contributed by atoms with van der Waals surface area (Å²) < 4.78 is 17.2. The van der Waals surface area contributed by atoms with Crippen LogP contribution in [0, 0.1) is 44.3 Å². The van der Waals surface area contributed by atoms with Crippen molar-refractivity contribution in [2.24, 2.45) is 44.3 Å². The van der Waals surface area contributed by atoms with E-state index in [1.54, 1.807) is 30.4 Å². The smallest absolute Gasteiger partial charge is 0.338 e. The first-order valence-electron chi connectivity index (χ1n) is 17.4. The standard InChI is InChI=1S/C40H56O5/c1-26(41)44-25-36(4)20-21-37(5)22-23-39(7)30-14-15-31-35(2,3)33(45-34(42)27-10-12-28(43-9)13-11-27)17-18-38(31,6)29(30)16-19-40(39,8)32(37)24-36/h10-15,31-33H,16-25H2,1-9H3. The molecule has 5 aliphatic carbocycles. The lowest BCUT2D eigenvalue weighted by molar-refractivity contribution is -0.165. The number of hydrogen-bond acceptors (Lipinski definition) is 5. The van der Waals surface area contributed by atoms with Crippen molar-refractivity contribution in [2.45, 2.75) is 119 Å². The number of carbonyl (C=O) groups is 2. The Morgan fingerprint density at radius 1 is 0.889 bits per heavy atom. The molecule has 5 heteroatoms. The van der Waals surface area contributed by atoms with Crippen LogP contribution in [-0.4, -0.2) is 31.8 Å². The highest BCUT2D eigenvalue weighted by molar-refractivity contribution is 5.89. The number of carbonyl (C=O) groups excluding carboxylic acids is 2. The molecule has 0 radical (unpaired) electrons. The number of esters is 2. The van der Waals surface area contributed by atoms with Gasteiger partial charge in [-0.25, -0.2) is 4.79 Å². The van der Waals surface area contributed by atoms with Crippen LogP contribution < -0.4 is 4.74 Å². The van der Waals surface area contributed by atoms with Crippen LogP contribution in [-0.2, 0) is 14.3 Å². The van der Waals surface area contributed by atoms with Crippen molar-refractivity contribution in [3.8, 4) is 5.75 Å². The van der Waals surface area contributed by atoms with Crippen molar-refractivity contribution in [1.29, 1.82) is 0 Å². The van der Waals surface area contributed by atoms with Gasteiger partial charge in [0.05, 0.1) is 19.3 Å². The van der Waals surface area contributed by atoms with Crippen molar-refractivity contribution in [1.82, 2.24) is 0 Å². The van der Waals surface area contributed by atoms with Gasteiger partial charge in [0.1, 0.15) is 11.9 Å². The van der Waals surface area contributed by atoms with Gasteiger partial charge in [-0.05, 0) is 121 Å². The van der Waals surface area contributed by atoms with E-state index in [-0.39, 0.29) is 45.1 Å². The Balaban J connectivity index is 1.27. The lowest BCUT2D eigenvalue weighted by Gasteiger charge is -2.69. The lowest BCUT2D eigenvalue weighted by atomic mass is 9.36. The second-order valence-electron chi connectivity index (χ2n) is 17.4. The maximum atomic E-state index is 13.2. The fraction of sp³-hybridized carbons (Fsp3) is 0.700. The summed E-state index contributed by atoms with van der Waals surface area (Å²) in [4.78, 5) is 25.0. The molecule has 5 aliphatic rings. The molecule has 0 heterocycles. The Labute approximate surface area is 271 Å². The Morgan fingerprint density at radius 3 is 2.24 bits per heavy atom. The maximum absolute atomic E-state index is 13.2. The number of fused-ring (bicyclic) bond motifs is 6. The highest BCUT2D eigenvalue weighted by Gasteiger charge is 2.65. The van der Waals surface area contributed by atoms with Gasteiger partial charge in [0.2, 0.25) is 0 Å². The van der Waals surface area contributed by atoms with Gasteiger partial charge < -0.3 is 14.2 Å². The third kappa shape index (κ3) is 4.92. The predicted octanol–water partition coefficient (Wildman–Crippen LogP) is 9.51. The number of hydrogen-bond donors (Lipinski definition) is 0. The third-order valence-corrected chi connectivity index (χ3v) is 14.5. The topological polar surface area (TPSA) is 61.8 Å². The minimum absolute atomic E-state index is 0.0386. The summed E-state index contributed by atoms with van der Waals surface area (Å²) in [7, 11) is 1.63. The van der Waals surface area contributed by atoms with E-state index in [9.17, 15) is 9.59 Å². The lowest BCUT2D eigenvalue weighted by Crippen LogP contribution is -2.61. The summed E-state index contributed by atoms with van der Waals surface area (Å²) in [6.07, 6.45) is 15.1. The van der Waals surface area contributed by atoms with Crippen molar-refractivity contribution in [3.05, 3.63) is 53.1 Å². The molecule has 0 N–H and O–H groups in total. The molecule has 45 heavy (non-hydrogen) atoms. The number of ether oxygens (including phenoxy) is 3. The summed E-state index contributed by atoms with van der Waals surface area (Å²) in [5.41, 5.74) is 4.37. The molecule has 1 aromatic rings. The largest absolute Gasteiger partial charge is 0.497 e. The monoisotopic (exact) mass is 616 g/mol. The first-order valence-corrected chi connectivity index (χ1v) is 17.4. The Hall–Kier alpha value is -2.56. The predicted molar refractivity (Wildman–Crippen MR) is 178 cm³/mol. The molecule has 8 atom stereocenters. The fourth-order valence-electron chi connectivity index (χ4n) is 11.2. The zero-order chi connectivity index (χ0) is 32.6. The molecule has 246 valence electrons. The van der Waals surface area contributed by atoms with Crippen LogP contribution in [0.5, 0.6) is 5.75 Å². The molecule has 0 aliphatic heterocycles. The van der Waals surface area contributed by atoms with Crippen molar-refractivity contribution in [2.75, 3.05) is 13.7 Å². The third-order valence-electron chi connectivity index (χ3n) is 14.5. The first kappa shape index (κ1) is 32.4. The number of methoxy groups -OCH3 is 1. The molecule has 8 unspecified atom stereocenters. The van der Waals surface area contributed by atoms with Crippen LogP contribution in [0.25, 0.3) is 0 Å². The molecule has 5 nitrogen and oxygen atoms in total. The number of benzene rings is 1. The molecule has 0 saturated heterocycles. The minimum Gasteiger partial charge on any atom is -0.497 e. The van der Waals surface area contributed by atoms with E-state index in [2.05, 4.69) is 60.6 Å². The van der Waals surface area contributed by atoms with Gasteiger partial charge in [0, 0.05) is 17.8 Å². The zero-order valence-electron chi connectivity index (χ0n) is 29.3. The van der Waals surface area contributed by atoms with Gasteiger partial charge in [0.25, 0.3) is 0 Å². The first-order chi connectivity index (χ1) is 21.0. The quantitative estimate of drug-likeness (QED) is 0.308. The summed E-state index contributed by atoms with van der Waals surface area (Å²) in [6.45, 7) is 19.3. The molecule has 1 aromatic carbocycles. The molecular formula is C40H56O5. The highest BCUT2D eigenvalue weighted by Crippen LogP contribution is 2.74.